The summed E-state index contributed by atoms with van der Waals surface area (Å²) < 4.78 is 9.49. The molecule has 2 aromatic heterocycles. The molecular weight excluding hydrogens is 376 g/mol. The number of carbonyl (C=O) groups excluding carboxylic acids is 2. The van der Waals surface area contributed by atoms with Crippen molar-refractivity contribution < 1.29 is 18.6 Å². The smallest absolute Gasteiger partial charge is 0.239 e. The van der Waals surface area contributed by atoms with Gasteiger partial charge in [0.05, 0.1) is 13.1 Å². The number of aromatic nitrogens is 2. The molecule has 4 heterocycles. The van der Waals surface area contributed by atoms with Crippen molar-refractivity contribution in [3.05, 3.63) is 24.7 Å². The highest BCUT2D eigenvalue weighted by Gasteiger charge is 2.39. The Bertz CT molecular complexity index is 739. The lowest BCUT2D eigenvalue weighted by Crippen LogP contribution is -2.54. The van der Waals surface area contributed by atoms with Crippen molar-refractivity contribution in [1.82, 2.24) is 20.1 Å². The Morgan fingerprint density at radius 2 is 1.38 bits per heavy atom. The van der Waals surface area contributed by atoms with Crippen LogP contribution in [0.25, 0.3) is 0 Å². The maximum atomic E-state index is 12.3. The molecule has 0 radical (unpaired) electrons. The standard InChI is InChI=1S/C19H26N6O4/c26-17(20-15-3-9-28-22-15)11-24-7-1-5-19(13-24)6-2-8-25(14-19)12-18(27)21-16-4-10-29-23-16/h3-4,9-10H,1-2,5-8,11-14H2,(H,20,22,26)(H,21,23,27). The number of hydrogen-bond donors (Lipinski definition) is 2. The molecule has 10 nitrogen and oxygen atoms in total. The zero-order valence-corrected chi connectivity index (χ0v) is 16.3. The number of rotatable bonds is 6. The van der Waals surface area contributed by atoms with Crippen molar-refractivity contribution >= 4 is 23.5 Å². The van der Waals surface area contributed by atoms with Gasteiger partial charge in [-0.1, -0.05) is 10.3 Å². The third kappa shape index (κ3) is 5.21. The van der Waals surface area contributed by atoms with E-state index in [0.717, 1.165) is 51.9 Å². The van der Waals surface area contributed by atoms with Crippen LogP contribution >= 0.6 is 0 Å². The second-order valence-electron chi connectivity index (χ2n) is 7.99. The van der Waals surface area contributed by atoms with Gasteiger partial charge in [0.1, 0.15) is 12.5 Å². The van der Waals surface area contributed by atoms with Gasteiger partial charge in [-0.3, -0.25) is 19.4 Å². The Kier molecular flexibility index (Phi) is 5.91. The van der Waals surface area contributed by atoms with Crippen LogP contribution in [0.2, 0.25) is 0 Å². The Hall–Kier alpha value is -2.72. The lowest BCUT2D eigenvalue weighted by Gasteiger charge is -2.48. The van der Waals surface area contributed by atoms with Crippen LogP contribution in [0.15, 0.2) is 33.7 Å². The lowest BCUT2D eigenvalue weighted by molar-refractivity contribution is -0.119. The van der Waals surface area contributed by atoms with E-state index in [1.807, 2.05) is 0 Å². The number of nitrogens with one attached hydrogen (secondary N) is 2. The molecule has 0 unspecified atom stereocenters. The van der Waals surface area contributed by atoms with Gasteiger partial charge in [-0.15, -0.1) is 0 Å². The maximum Gasteiger partial charge on any atom is 0.239 e. The van der Waals surface area contributed by atoms with Gasteiger partial charge >= 0.3 is 0 Å². The van der Waals surface area contributed by atoms with E-state index in [-0.39, 0.29) is 17.2 Å². The SMILES string of the molecule is O=C(CN1CCCC2(CCCN(CC(=O)Nc3ccon3)C2)C1)Nc1ccon1. The van der Waals surface area contributed by atoms with E-state index in [2.05, 4.69) is 30.7 Å². The van der Waals surface area contributed by atoms with Crippen LogP contribution < -0.4 is 10.6 Å². The number of nitrogens with zero attached hydrogens (tertiary/aromatic N) is 4. The monoisotopic (exact) mass is 402 g/mol. The topological polar surface area (TPSA) is 117 Å². The molecule has 2 N–H and O–H groups in total. The first-order valence-corrected chi connectivity index (χ1v) is 9.95. The third-order valence-corrected chi connectivity index (χ3v) is 5.63. The Labute approximate surface area is 168 Å². The number of piperidine rings is 2. The van der Waals surface area contributed by atoms with Crippen LogP contribution in [0.5, 0.6) is 0 Å². The largest absolute Gasteiger partial charge is 0.363 e. The minimum atomic E-state index is -0.0874. The van der Waals surface area contributed by atoms with Gasteiger partial charge in [-0.05, 0) is 44.2 Å². The van der Waals surface area contributed by atoms with Gasteiger partial charge in [0, 0.05) is 25.2 Å². The van der Waals surface area contributed by atoms with Crippen molar-refractivity contribution in [3.63, 3.8) is 0 Å². The Balaban J connectivity index is 1.29. The van der Waals surface area contributed by atoms with E-state index in [1.54, 1.807) is 12.1 Å². The highest BCUT2D eigenvalue weighted by atomic mass is 16.5. The molecule has 2 amide bonds. The molecule has 4 rings (SSSR count). The summed E-state index contributed by atoms with van der Waals surface area (Å²) in [5.41, 5.74) is 0.124. The van der Waals surface area contributed by atoms with E-state index < -0.39 is 0 Å². The van der Waals surface area contributed by atoms with Crippen molar-refractivity contribution in [2.75, 3.05) is 49.9 Å². The zero-order valence-electron chi connectivity index (χ0n) is 16.3. The summed E-state index contributed by atoms with van der Waals surface area (Å²) in [5, 5.41) is 12.9. The van der Waals surface area contributed by atoms with E-state index in [1.165, 1.54) is 12.5 Å². The average Bonchev–Trinajstić information content (AvgIpc) is 3.36. The van der Waals surface area contributed by atoms with Gasteiger partial charge in [0.25, 0.3) is 0 Å². The predicted molar refractivity (Wildman–Crippen MR) is 104 cm³/mol. The van der Waals surface area contributed by atoms with E-state index >= 15 is 0 Å². The molecule has 0 atom stereocenters. The Morgan fingerprint density at radius 1 is 0.897 bits per heavy atom. The summed E-state index contributed by atoms with van der Waals surface area (Å²) in [5.74, 6) is 0.693. The summed E-state index contributed by atoms with van der Waals surface area (Å²) >= 11 is 0. The highest BCUT2D eigenvalue weighted by Crippen LogP contribution is 2.38. The molecule has 0 bridgehead atoms. The normalized spacial score (nSPS) is 19.9. The molecule has 2 saturated heterocycles. The van der Waals surface area contributed by atoms with E-state index in [9.17, 15) is 9.59 Å². The van der Waals surface area contributed by atoms with Gasteiger partial charge in [0.2, 0.25) is 11.8 Å². The zero-order chi connectivity index (χ0) is 20.1. The van der Waals surface area contributed by atoms with Gasteiger partial charge < -0.3 is 19.7 Å². The minimum Gasteiger partial charge on any atom is -0.363 e. The molecule has 0 aliphatic carbocycles. The third-order valence-electron chi connectivity index (χ3n) is 5.63. The van der Waals surface area contributed by atoms with Crippen molar-refractivity contribution in [2.24, 2.45) is 5.41 Å². The summed E-state index contributed by atoms with van der Waals surface area (Å²) in [6.45, 7) is 4.20. The molecule has 156 valence electrons. The molecule has 2 aliphatic heterocycles. The number of amides is 2. The van der Waals surface area contributed by atoms with Crippen LogP contribution in [0.1, 0.15) is 25.7 Å². The molecule has 0 aromatic carbocycles. The summed E-state index contributed by atoms with van der Waals surface area (Å²) in [7, 11) is 0. The maximum absolute atomic E-state index is 12.3. The van der Waals surface area contributed by atoms with Crippen LogP contribution in [0.3, 0.4) is 0 Å². The van der Waals surface area contributed by atoms with E-state index in [0.29, 0.717) is 24.7 Å². The fourth-order valence-electron chi connectivity index (χ4n) is 4.55. The number of likely N-dealkylation sites (tertiary alicyclic amines) is 2. The van der Waals surface area contributed by atoms with Gasteiger partial charge in [0.15, 0.2) is 11.6 Å². The predicted octanol–water partition coefficient (Wildman–Crippen LogP) is 1.42. The van der Waals surface area contributed by atoms with Crippen molar-refractivity contribution in [1.29, 1.82) is 0 Å². The fraction of sp³-hybridized carbons (Fsp3) is 0.579. The molecule has 10 heteroatoms. The van der Waals surface area contributed by atoms with Crippen LogP contribution in [-0.2, 0) is 9.59 Å². The molecule has 2 aliphatic rings. The molecule has 0 saturated carbocycles. The molecule has 1 spiro atoms. The fourth-order valence-corrected chi connectivity index (χ4v) is 4.55. The molecule has 2 aromatic rings. The van der Waals surface area contributed by atoms with Crippen LogP contribution in [0.4, 0.5) is 11.6 Å². The van der Waals surface area contributed by atoms with E-state index in [4.69, 9.17) is 9.05 Å². The molecule has 2 fully saturated rings. The first kappa shape index (κ1) is 19.6. The van der Waals surface area contributed by atoms with Crippen LogP contribution in [-0.4, -0.2) is 71.2 Å². The number of carbonyl (C=O) groups is 2. The second-order valence-corrected chi connectivity index (χ2v) is 7.99. The van der Waals surface area contributed by atoms with Crippen molar-refractivity contribution in [3.8, 4) is 0 Å². The van der Waals surface area contributed by atoms with Crippen LogP contribution in [0, 0.1) is 5.41 Å². The number of hydrogen-bond acceptors (Lipinski definition) is 8. The second kappa shape index (κ2) is 8.75. The lowest BCUT2D eigenvalue weighted by atomic mass is 9.73. The number of anilines is 2. The Morgan fingerprint density at radius 3 is 1.79 bits per heavy atom. The highest BCUT2D eigenvalue weighted by molar-refractivity contribution is 5.91. The summed E-state index contributed by atoms with van der Waals surface area (Å²) in [6, 6.07) is 3.25. The summed E-state index contributed by atoms with van der Waals surface area (Å²) in [6.07, 6.45) is 7.21. The quantitative estimate of drug-likeness (QED) is 0.745. The molecule has 29 heavy (non-hydrogen) atoms. The first-order valence-electron chi connectivity index (χ1n) is 9.95. The summed E-state index contributed by atoms with van der Waals surface area (Å²) in [4.78, 5) is 29.0. The van der Waals surface area contributed by atoms with Gasteiger partial charge in [-0.25, -0.2) is 0 Å². The first-order chi connectivity index (χ1) is 14.1. The van der Waals surface area contributed by atoms with Crippen molar-refractivity contribution in [2.45, 2.75) is 25.7 Å². The van der Waals surface area contributed by atoms with Gasteiger partial charge in [-0.2, -0.15) is 0 Å². The molecular formula is C19H26N6O4. The minimum absolute atomic E-state index is 0.0874. The average molecular weight is 402 g/mol.